The number of aryl methyl sites for hydroxylation is 1. The topological polar surface area (TPSA) is 28.2 Å². The molecule has 96 valence electrons. The van der Waals surface area contributed by atoms with Crippen LogP contribution in [-0.2, 0) is 0 Å². The number of fused-ring (bicyclic) bond motifs is 1. The normalized spacial score (nSPS) is 10.7. The van der Waals surface area contributed by atoms with E-state index >= 15 is 0 Å². The second-order valence-electron chi connectivity index (χ2n) is 4.36. The number of rotatable bonds is 4. The summed E-state index contributed by atoms with van der Waals surface area (Å²) < 4.78 is 0. The first-order valence-electron chi connectivity index (χ1n) is 6.54. The maximum Gasteiger partial charge on any atom is 0.136 e. The molecule has 0 saturated heterocycles. The zero-order valence-corrected chi connectivity index (χ0v) is 11.6. The average Bonchev–Trinajstić information content (AvgIpc) is 2.40. The van der Waals surface area contributed by atoms with Crippen LogP contribution in [0.2, 0.25) is 0 Å². The number of aromatic nitrogens is 1. The van der Waals surface area contributed by atoms with Crippen LogP contribution in [0.5, 0.6) is 0 Å². The molecule has 3 nitrogen and oxygen atoms in total. The minimum Gasteiger partial charge on any atom is -0.386 e. The van der Waals surface area contributed by atoms with E-state index in [0.29, 0.717) is 0 Å². The second-order valence-corrected chi connectivity index (χ2v) is 4.36. The van der Waals surface area contributed by atoms with Gasteiger partial charge in [-0.1, -0.05) is 24.3 Å². The number of hydrogen-bond acceptors (Lipinski definition) is 3. The van der Waals surface area contributed by atoms with E-state index in [1.165, 1.54) is 10.8 Å². The number of pyridine rings is 1. The summed E-state index contributed by atoms with van der Waals surface area (Å²) in [5.41, 5.74) is 2.18. The molecule has 0 aliphatic heterocycles. The third-order valence-corrected chi connectivity index (χ3v) is 3.39. The van der Waals surface area contributed by atoms with Gasteiger partial charge < -0.3 is 10.2 Å². The predicted molar refractivity (Wildman–Crippen MR) is 79.6 cm³/mol. The number of nitrogens with zero attached hydrogens (tertiary/aromatic N) is 2. The molecule has 0 atom stereocenters. The first-order chi connectivity index (χ1) is 8.72. The Labute approximate surface area is 109 Å². The van der Waals surface area contributed by atoms with Crippen LogP contribution < -0.4 is 10.2 Å². The Morgan fingerprint density at radius 3 is 2.28 bits per heavy atom. The van der Waals surface area contributed by atoms with Gasteiger partial charge in [0.05, 0.1) is 11.4 Å². The van der Waals surface area contributed by atoms with Gasteiger partial charge in [-0.25, -0.2) is 4.98 Å². The van der Waals surface area contributed by atoms with Gasteiger partial charge in [-0.15, -0.1) is 0 Å². The lowest BCUT2D eigenvalue weighted by atomic mass is 10.1. The summed E-state index contributed by atoms with van der Waals surface area (Å²) in [6.45, 7) is 8.35. The molecule has 0 saturated carbocycles. The van der Waals surface area contributed by atoms with Crippen molar-refractivity contribution < 1.29 is 0 Å². The standard InChI is InChI=1S/C15H21N3/c1-5-18(6-2)15-13-10-8-7-9-12(13)14(16-4)11(3)17-15/h7-10,16H,5-6H2,1-4H3. The quantitative estimate of drug-likeness (QED) is 0.891. The van der Waals surface area contributed by atoms with Crippen molar-refractivity contribution in [3.8, 4) is 0 Å². The van der Waals surface area contributed by atoms with Gasteiger partial charge in [-0.2, -0.15) is 0 Å². The molecule has 0 aliphatic carbocycles. The highest BCUT2D eigenvalue weighted by atomic mass is 15.2. The Morgan fingerprint density at radius 2 is 1.72 bits per heavy atom. The zero-order chi connectivity index (χ0) is 13.1. The van der Waals surface area contributed by atoms with Crippen LogP contribution in [-0.4, -0.2) is 25.1 Å². The van der Waals surface area contributed by atoms with Gasteiger partial charge >= 0.3 is 0 Å². The Bertz CT molecular complexity index is 545. The third-order valence-electron chi connectivity index (χ3n) is 3.39. The molecule has 0 fully saturated rings. The van der Waals surface area contributed by atoms with Crippen molar-refractivity contribution in [2.45, 2.75) is 20.8 Å². The summed E-state index contributed by atoms with van der Waals surface area (Å²) in [5, 5.41) is 5.72. The highest BCUT2D eigenvalue weighted by molar-refractivity contribution is 6.01. The van der Waals surface area contributed by atoms with Gasteiger partial charge in [0.15, 0.2) is 0 Å². The minimum atomic E-state index is 0.978. The number of nitrogens with one attached hydrogen (secondary N) is 1. The van der Waals surface area contributed by atoms with Gasteiger partial charge in [0.25, 0.3) is 0 Å². The third kappa shape index (κ3) is 2.01. The molecule has 18 heavy (non-hydrogen) atoms. The lowest BCUT2D eigenvalue weighted by Gasteiger charge is -2.23. The molecular weight excluding hydrogens is 222 g/mol. The summed E-state index contributed by atoms with van der Waals surface area (Å²) >= 11 is 0. The molecule has 0 spiro atoms. The van der Waals surface area contributed by atoms with Gasteiger partial charge in [-0.05, 0) is 20.8 Å². The van der Waals surface area contributed by atoms with E-state index in [1.54, 1.807) is 0 Å². The molecule has 0 radical (unpaired) electrons. The fourth-order valence-electron chi connectivity index (χ4n) is 2.45. The Morgan fingerprint density at radius 1 is 1.11 bits per heavy atom. The van der Waals surface area contributed by atoms with E-state index in [0.717, 1.165) is 30.3 Å². The fourth-order valence-corrected chi connectivity index (χ4v) is 2.45. The molecule has 0 unspecified atom stereocenters. The van der Waals surface area contributed by atoms with Crippen molar-refractivity contribution in [2.75, 3.05) is 30.4 Å². The van der Waals surface area contributed by atoms with Crippen molar-refractivity contribution in [2.24, 2.45) is 0 Å². The first-order valence-corrected chi connectivity index (χ1v) is 6.54. The van der Waals surface area contributed by atoms with Gasteiger partial charge in [0.1, 0.15) is 5.82 Å². The van der Waals surface area contributed by atoms with Crippen molar-refractivity contribution in [3.05, 3.63) is 30.0 Å². The molecule has 3 heteroatoms. The summed E-state index contributed by atoms with van der Waals surface area (Å²) in [5.74, 6) is 1.09. The molecule has 2 rings (SSSR count). The van der Waals surface area contributed by atoms with Crippen LogP contribution in [0.15, 0.2) is 24.3 Å². The lowest BCUT2D eigenvalue weighted by Crippen LogP contribution is -2.23. The molecule has 0 amide bonds. The average molecular weight is 243 g/mol. The smallest absolute Gasteiger partial charge is 0.136 e. The molecular formula is C15H21N3. The maximum absolute atomic E-state index is 4.78. The van der Waals surface area contributed by atoms with E-state index in [2.05, 4.69) is 55.3 Å². The Balaban J connectivity index is 2.75. The van der Waals surface area contributed by atoms with E-state index in [1.807, 2.05) is 7.05 Å². The molecule has 0 bridgehead atoms. The van der Waals surface area contributed by atoms with E-state index < -0.39 is 0 Å². The van der Waals surface area contributed by atoms with Crippen molar-refractivity contribution in [3.63, 3.8) is 0 Å². The van der Waals surface area contributed by atoms with Crippen molar-refractivity contribution in [1.29, 1.82) is 0 Å². The summed E-state index contributed by atoms with van der Waals surface area (Å²) in [6, 6.07) is 8.46. The second kappa shape index (κ2) is 5.25. The monoisotopic (exact) mass is 243 g/mol. The van der Waals surface area contributed by atoms with Gasteiger partial charge in [-0.3, -0.25) is 0 Å². The van der Waals surface area contributed by atoms with Gasteiger partial charge in [0.2, 0.25) is 0 Å². The Kier molecular flexibility index (Phi) is 3.70. The highest BCUT2D eigenvalue weighted by Gasteiger charge is 2.13. The summed E-state index contributed by atoms with van der Waals surface area (Å²) in [7, 11) is 1.95. The van der Waals surface area contributed by atoms with Crippen LogP contribution in [0.1, 0.15) is 19.5 Å². The van der Waals surface area contributed by atoms with Gasteiger partial charge in [0, 0.05) is 30.9 Å². The maximum atomic E-state index is 4.78. The molecule has 1 aromatic carbocycles. The lowest BCUT2D eigenvalue weighted by molar-refractivity contribution is 0.848. The number of hydrogen-bond donors (Lipinski definition) is 1. The van der Waals surface area contributed by atoms with Crippen LogP contribution >= 0.6 is 0 Å². The minimum absolute atomic E-state index is 0.978. The first kappa shape index (κ1) is 12.7. The van der Waals surface area contributed by atoms with Crippen LogP contribution in [0.25, 0.3) is 10.8 Å². The van der Waals surface area contributed by atoms with Crippen molar-refractivity contribution >= 4 is 22.3 Å². The van der Waals surface area contributed by atoms with E-state index in [9.17, 15) is 0 Å². The molecule has 1 N–H and O–H groups in total. The predicted octanol–water partition coefficient (Wildman–Crippen LogP) is 3.43. The van der Waals surface area contributed by atoms with E-state index in [-0.39, 0.29) is 0 Å². The SMILES string of the molecule is CCN(CC)c1nc(C)c(NC)c2ccccc12. The van der Waals surface area contributed by atoms with Crippen molar-refractivity contribution in [1.82, 2.24) is 4.98 Å². The Hall–Kier alpha value is -1.77. The summed E-state index contributed by atoms with van der Waals surface area (Å²) in [6.07, 6.45) is 0. The molecule has 2 aromatic rings. The fraction of sp³-hybridized carbons (Fsp3) is 0.400. The number of benzene rings is 1. The van der Waals surface area contributed by atoms with E-state index in [4.69, 9.17) is 4.98 Å². The van der Waals surface area contributed by atoms with Crippen LogP contribution in [0, 0.1) is 6.92 Å². The number of anilines is 2. The summed E-state index contributed by atoms with van der Waals surface area (Å²) in [4.78, 5) is 7.08. The highest BCUT2D eigenvalue weighted by Crippen LogP contribution is 2.32. The molecule has 1 aromatic heterocycles. The largest absolute Gasteiger partial charge is 0.386 e. The zero-order valence-electron chi connectivity index (χ0n) is 11.6. The van der Waals surface area contributed by atoms with Crippen LogP contribution in [0.3, 0.4) is 0 Å². The molecule has 1 heterocycles. The van der Waals surface area contributed by atoms with Crippen LogP contribution in [0.4, 0.5) is 11.5 Å². The molecule has 0 aliphatic rings.